The van der Waals surface area contributed by atoms with Crippen molar-refractivity contribution in [1.29, 1.82) is 0 Å². The number of amides is 2. The van der Waals surface area contributed by atoms with E-state index in [1.54, 1.807) is 4.90 Å². The third-order valence-corrected chi connectivity index (χ3v) is 4.89. The summed E-state index contributed by atoms with van der Waals surface area (Å²) in [6, 6.07) is -0.0441. The van der Waals surface area contributed by atoms with Crippen molar-refractivity contribution < 1.29 is 14.7 Å². The van der Waals surface area contributed by atoms with Gasteiger partial charge in [-0.2, -0.15) is 0 Å². The molecule has 122 valence electrons. The molecule has 1 rings (SSSR count). The number of hydrogen-bond donors (Lipinski definition) is 2. The maximum atomic E-state index is 12.1. The van der Waals surface area contributed by atoms with Crippen LogP contribution in [0.15, 0.2) is 0 Å². The van der Waals surface area contributed by atoms with Gasteiger partial charge in [0.2, 0.25) is 0 Å². The third kappa shape index (κ3) is 4.61. The summed E-state index contributed by atoms with van der Waals surface area (Å²) < 4.78 is 0. The largest absolute Gasteiger partial charge is 0.481 e. The maximum absolute atomic E-state index is 12.1. The van der Waals surface area contributed by atoms with Crippen molar-refractivity contribution in [2.45, 2.75) is 59.3 Å². The van der Waals surface area contributed by atoms with E-state index in [-0.39, 0.29) is 6.03 Å². The molecule has 2 amide bonds. The lowest BCUT2D eigenvalue weighted by molar-refractivity contribution is -0.152. The molecule has 5 heteroatoms. The number of nitrogens with zero attached hydrogens (tertiary/aromatic N) is 1. The van der Waals surface area contributed by atoms with E-state index in [1.807, 2.05) is 6.92 Å². The van der Waals surface area contributed by atoms with Crippen LogP contribution in [0, 0.1) is 11.3 Å². The molecule has 21 heavy (non-hydrogen) atoms. The zero-order valence-corrected chi connectivity index (χ0v) is 13.7. The van der Waals surface area contributed by atoms with E-state index in [1.165, 1.54) is 0 Å². The van der Waals surface area contributed by atoms with Gasteiger partial charge < -0.3 is 15.3 Å². The minimum absolute atomic E-state index is 0.0441. The van der Waals surface area contributed by atoms with E-state index >= 15 is 0 Å². The Kier molecular flexibility index (Phi) is 6.99. The Morgan fingerprint density at radius 3 is 2.19 bits per heavy atom. The highest BCUT2D eigenvalue weighted by atomic mass is 16.4. The van der Waals surface area contributed by atoms with Crippen LogP contribution in [-0.2, 0) is 4.79 Å². The molecule has 1 heterocycles. The van der Waals surface area contributed by atoms with E-state index in [0.29, 0.717) is 44.8 Å². The normalized spacial score (nSPS) is 17.8. The number of likely N-dealkylation sites (tertiary alicyclic amines) is 1. The van der Waals surface area contributed by atoms with Crippen LogP contribution in [0.5, 0.6) is 0 Å². The molecule has 0 aromatic rings. The van der Waals surface area contributed by atoms with Crippen LogP contribution in [0.2, 0.25) is 0 Å². The Bertz CT molecular complexity index is 345. The highest BCUT2D eigenvalue weighted by Gasteiger charge is 2.41. The summed E-state index contributed by atoms with van der Waals surface area (Å²) in [5.41, 5.74) is -0.624. The van der Waals surface area contributed by atoms with Crippen molar-refractivity contribution in [3.8, 4) is 0 Å². The van der Waals surface area contributed by atoms with E-state index in [9.17, 15) is 14.7 Å². The number of carboxylic acids is 1. The number of nitrogens with one attached hydrogen (secondary N) is 1. The maximum Gasteiger partial charge on any atom is 0.317 e. The third-order valence-electron chi connectivity index (χ3n) is 4.89. The average molecular weight is 298 g/mol. The summed E-state index contributed by atoms with van der Waals surface area (Å²) in [4.78, 5) is 25.4. The van der Waals surface area contributed by atoms with Crippen LogP contribution < -0.4 is 5.32 Å². The van der Waals surface area contributed by atoms with Crippen molar-refractivity contribution in [2.75, 3.05) is 19.6 Å². The van der Waals surface area contributed by atoms with Crippen LogP contribution in [0.3, 0.4) is 0 Å². The first-order chi connectivity index (χ1) is 9.99. The Balaban J connectivity index is 2.48. The van der Waals surface area contributed by atoms with Gasteiger partial charge in [0.25, 0.3) is 0 Å². The molecule has 1 fully saturated rings. The molecule has 0 aromatic carbocycles. The lowest BCUT2D eigenvalue weighted by Gasteiger charge is -2.38. The first kappa shape index (κ1) is 17.8. The van der Waals surface area contributed by atoms with Crippen molar-refractivity contribution in [2.24, 2.45) is 11.3 Å². The summed E-state index contributed by atoms with van der Waals surface area (Å²) in [5, 5.41) is 12.4. The van der Waals surface area contributed by atoms with Crippen LogP contribution in [0.4, 0.5) is 4.79 Å². The van der Waals surface area contributed by atoms with E-state index in [2.05, 4.69) is 19.2 Å². The smallest absolute Gasteiger partial charge is 0.317 e. The number of carbonyl (C=O) groups is 2. The SMILES string of the molecule is CCCC1(C(=O)O)CCN(C(=O)NCC(CC)CC)CC1. The molecular formula is C16H30N2O3. The van der Waals surface area contributed by atoms with Gasteiger partial charge in [-0.1, -0.05) is 40.0 Å². The van der Waals surface area contributed by atoms with E-state index < -0.39 is 11.4 Å². The predicted molar refractivity (Wildman–Crippen MR) is 83.3 cm³/mol. The fourth-order valence-corrected chi connectivity index (χ4v) is 3.11. The average Bonchev–Trinajstić information content (AvgIpc) is 2.49. The minimum atomic E-state index is -0.707. The molecule has 1 saturated heterocycles. The molecule has 0 saturated carbocycles. The van der Waals surface area contributed by atoms with Gasteiger partial charge in [0.05, 0.1) is 5.41 Å². The highest BCUT2D eigenvalue weighted by molar-refractivity contribution is 5.77. The van der Waals surface area contributed by atoms with Crippen molar-refractivity contribution >= 4 is 12.0 Å². The predicted octanol–water partition coefficient (Wildman–Crippen LogP) is 3.10. The molecule has 1 aliphatic heterocycles. The van der Waals surface area contributed by atoms with Crippen LogP contribution in [0.25, 0.3) is 0 Å². The number of aliphatic carboxylic acids is 1. The van der Waals surface area contributed by atoms with Crippen molar-refractivity contribution in [3.05, 3.63) is 0 Å². The number of urea groups is 1. The number of hydrogen-bond acceptors (Lipinski definition) is 2. The van der Waals surface area contributed by atoms with Gasteiger partial charge in [-0.15, -0.1) is 0 Å². The quantitative estimate of drug-likeness (QED) is 0.758. The molecule has 0 bridgehead atoms. The summed E-state index contributed by atoms with van der Waals surface area (Å²) in [5.74, 6) is -0.182. The Morgan fingerprint density at radius 1 is 1.19 bits per heavy atom. The molecule has 0 aromatic heterocycles. The zero-order valence-electron chi connectivity index (χ0n) is 13.7. The van der Waals surface area contributed by atoms with Gasteiger partial charge in [0, 0.05) is 19.6 Å². The Morgan fingerprint density at radius 2 is 1.76 bits per heavy atom. The number of piperidine rings is 1. The summed E-state index contributed by atoms with van der Waals surface area (Å²) in [7, 11) is 0. The van der Waals surface area contributed by atoms with Crippen molar-refractivity contribution in [1.82, 2.24) is 10.2 Å². The van der Waals surface area contributed by atoms with Gasteiger partial charge in [-0.05, 0) is 25.2 Å². The zero-order chi connectivity index (χ0) is 15.9. The Labute approximate surface area is 128 Å². The minimum Gasteiger partial charge on any atom is -0.481 e. The highest BCUT2D eigenvalue weighted by Crippen LogP contribution is 2.36. The van der Waals surface area contributed by atoms with Crippen LogP contribution >= 0.6 is 0 Å². The standard InChI is InChI=1S/C16H30N2O3/c1-4-7-16(14(19)20)8-10-18(11-9-16)15(21)17-12-13(5-2)6-3/h13H,4-12H2,1-3H3,(H,17,21)(H,19,20). The van der Waals surface area contributed by atoms with Gasteiger partial charge in [0.1, 0.15) is 0 Å². The number of rotatable bonds is 7. The number of carbonyl (C=O) groups excluding carboxylic acids is 1. The lowest BCUT2D eigenvalue weighted by atomic mass is 9.75. The van der Waals surface area contributed by atoms with Gasteiger partial charge in [-0.3, -0.25) is 4.79 Å². The second kappa shape index (κ2) is 8.25. The first-order valence-corrected chi connectivity index (χ1v) is 8.25. The first-order valence-electron chi connectivity index (χ1n) is 8.25. The second-order valence-corrected chi connectivity index (χ2v) is 6.19. The van der Waals surface area contributed by atoms with Crippen LogP contribution in [0.1, 0.15) is 59.3 Å². The summed E-state index contributed by atoms with van der Waals surface area (Å²) in [6.45, 7) is 8.07. The van der Waals surface area contributed by atoms with Gasteiger partial charge >= 0.3 is 12.0 Å². The second-order valence-electron chi connectivity index (χ2n) is 6.19. The topological polar surface area (TPSA) is 69.6 Å². The molecule has 0 spiro atoms. The molecule has 0 aliphatic carbocycles. The monoisotopic (exact) mass is 298 g/mol. The molecular weight excluding hydrogens is 268 g/mol. The van der Waals surface area contributed by atoms with E-state index in [4.69, 9.17) is 0 Å². The molecule has 1 aliphatic rings. The van der Waals surface area contributed by atoms with E-state index in [0.717, 1.165) is 19.3 Å². The van der Waals surface area contributed by atoms with Crippen molar-refractivity contribution in [3.63, 3.8) is 0 Å². The van der Waals surface area contributed by atoms with Gasteiger partial charge in [0.15, 0.2) is 0 Å². The van der Waals surface area contributed by atoms with Gasteiger partial charge in [-0.25, -0.2) is 4.79 Å². The molecule has 0 radical (unpaired) electrons. The Hall–Kier alpha value is -1.26. The molecule has 0 unspecified atom stereocenters. The summed E-state index contributed by atoms with van der Waals surface area (Å²) in [6.07, 6.45) is 4.83. The van der Waals surface area contributed by atoms with Crippen LogP contribution in [-0.4, -0.2) is 41.6 Å². The summed E-state index contributed by atoms with van der Waals surface area (Å²) >= 11 is 0. The number of carboxylic acid groups (broad SMARTS) is 1. The molecule has 0 atom stereocenters. The lowest BCUT2D eigenvalue weighted by Crippen LogP contribution is -2.50. The fraction of sp³-hybridized carbons (Fsp3) is 0.875. The molecule has 2 N–H and O–H groups in total. The molecule has 5 nitrogen and oxygen atoms in total. The fourth-order valence-electron chi connectivity index (χ4n) is 3.11.